The van der Waals surface area contributed by atoms with Crippen LogP contribution in [0.15, 0.2) is 29.6 Å². The van der Waals surface area contributed by atoms with Crippen molar-refractivity contribution >= 4 is 17.4 Å². The summed E-state index contributed by atoms with van der Waals surface area (Å²) in [4.78, 5) is 13.5. The molecule has 150 valence electrons. The summed E-state index contributed by atoms with van der Waals surface area (Å²) >= 11 is 1.73. The molecule has 1 aromatic carbocycles. The summed E-state index contributed by atoms with van der Waals surface area (Å²) < 4.78 is 40.3. The van der Waals surface area contributed by atoms with Crippen LogP contribution in [0.5, 0.6) is 17.2 Å². The maximum atomic E-state index is 12.7. The molecule has 2 aliphatic rings. The molecule has 1 aliphatic carbocycles. The van der Waals surface area contributed by atoms with Crippen LogP contribution in [-0.4, -0.2) is 26.0 Å². The zero-order valence-electron chi connectivity index (χ0n) is 15.2. The molecule has 2 unspecified atom stereocenters. The molecule has 2 atom stereocenters. The van der Waals surface area contributed by atoms with E-state index in [-0.39, 0.29) is 30.5 Å². The highest BCUT2D eigenvalue weighted by Gasteiger charge is 2.51. The minimum atomic E-state index is -2.97. The van der Waals surface area contributed by atoms with E-state index >= 15 is 0 Å². The summed E-state index contributed by atoms with van der Waals surface area (Å²) in [5, 5.41) is 7.59. The fraction of sp³-hybridized carbons (Fsp3) is 0.421. The highest BCUT2D eigenvalue weighted by Crippen LogP contribution is 2.54. The lowest BCUT2D eigenvalue weighted by molar-refractivity contribution is -0.0505. The molecule has 1 fully saturated rings. The number of hydrogen-bond acceptors (Lipinski definition) is 5. The largest absolute Gasteiger partial charge is 0.454 e. The number of halogens is 2. The van der Waals surface area contributed by atoms with Crippen LogP contribution in [0, 0.1) is 5.92 Å². The number of nitrogens with one attached hydrogen (secondary N) is 2. The van der Waals surface area contributed by atoms with Gasteiger partial charge in [-0.25, -0.2) is 4.79 Å². The van der Waals surface area contributed by atoms with Gasteiger partial charge in [0.1, 0.15) is 5.75 Å². The number of fused-ring (bicyclic) bond motifs is 1. The predicted octanol–water partition coefficient (Wildman–Crippen LogP) is 3.86. The standard InChI is InChI=1S/C19H20F2N2O4S/c1-19(16-3-2-4-28-16)7-12(19)9-23-18(24)22-8-11-5-14-15(26-10-25-14)6-13(11)27-17(20)21/h2-6,12,17H,7-10H2,1H3,(H2,22,23,24). The summed E-state index contributed by atoms with van der Waals surface area (Å²) in [6.07, 6.45) is 1.03. The molecule has 6 nitrogen and oxygen atoms in total. The number of rotatable bonds is 7. The van der Waals surface area contributed by atoms with Gasteiger partial charge < -0.3 is 24.8 Å². The molecule has 0 radical (unpaired) electrons. The van der Waals surface area contributed by atoms with Gasteiger partial charge in [0, 0.05) is 35.0 Å². The lowest BCUT2D eigenvalue weighted by Gasteiger charge is -2.14. The molecule has 28 heavy (non-hydrogen) atoms. The molecule has 1 saturated carbocycles. The van der Waals surface area contributed by atoms with Crippen LogP contribution in [-0.2, 0) is 12.0 Å². The highest BCUT2D eigenvalue weighted by molar-refractivity contribution is 7.10. The number of urea groups is 1. The summed E-state index contributed by atoms with van der Waals surface area (Å²) in [6, 6.07) is 6.68. The fourth-order valence-electron chi connectivity index (χ4n) is 3.42. The van der Waals surface area contributed by atoms with Gasteiger partial charge >= 0.3 is 12.6 Å². The lowest BCUT2D eigenvalue weighted by Crippen LogP contribution is -2.37. The van der Waals surface area contributed by atoms with Crippen molar-refractivity contribution < 1.29 is 27.8 Å². The number of thiophene rings is 1. The molecule has 2 amide bonds. The SMILES string of the molecule is CC1(c2cccs2)CC1CNC(=O)NCc1cc2c(cc1OC(F)F)OCO2. The first-order valence-corrected chi connectivity index (χ1v) is 9.76. The molecule has 2 aromatic rings. The normalized spacial score (nSPS) is 22.2. The molecule has 0 saturated heterocycles. The third-order valence-corrected chi connectivity index (χ3v) is 6.37. The van der Waals surface area contributed by atoms with E-state index in [4.69, 9.17) is 9.47 Å². The summed E-state index contributed by atoms with van der Waals surface area (Å²) in [6.45, 7) is -0.175. The van der Waals surface area contributed by atoms with Crippen molar-refractivity contribution in [2.75, 3.05) is 13.3 Å². The smallest absolute Gasteiger partial charge is 0.387 e. The summed E-state index contributed by atoms with van der Waals surface area (Å²) in [5.74, 6) is 1.11. The Morgan fingerprint density at radius 3 is 2.86 bits per heavy atom. The van der Waals surface area contributed by atoms with Crippen LogP contribution >= 0.6 is 11.3 Å². The van der Waals surface area contributed by atoms with E-state index < -0.39 is 6.61 Å². The van der Waals surface area contributed by atoms with Crippen LogP contribution < -0.4 is 24.8 Å². The molecule has 4 rings (SSSR count). The van der Waals surface area contributed by atoms with Crippen LogP contribution in [0.4, 0.5) is 13.6 Å². The second-order valence-electron chi connectivity index (χ2n) is 7.05. The van der Waals surface area contributed by atoms with Crippen molar-refractivity contribution in [3.8, 4) is 17.2 Å². The van der Waals surface area contributed by atoms with E-state index in [1.54, 1.807) is 11.3 Å². The number of benzene rings is 1. The third-order valence-electron chi connectivity index (χ3n) is 5.22. The van der Waals surface area contributed by atoms with Gasteiger partial charge in [-0.05, 0) is 29.9 Å². The van der Waals surface area contributed by atoms with E-state index in [2.05, 4.69) is 33.7 Å². The van der Waals surface area contributed by atoms with Gasteiger partial charge in [0.2, 0.25) is 6.79 Å². The first-order valence-electron chi connectivity index (χ1n) is 8.89. The van der Waals surface area contributed by atoms with Gasteiger partial charge in [0.15, 0.2) is 11.5 Å². The topological polar surface area (TPSA) is 68.8 Å². The zero-order valence-corrected chi connectivity index (χ0v) is 16.0. The second kappa shape index (κ2) is 7.46. The number of carbonyl (C=O) groups excluding carboxylic acids is 1. The van der Waals surface area contributed by atoms with Crippen LogP contribution in [0.3, 0.4) is 0 Å². The molecular formula is C19H20F2N2O4S. The average molecular weight is 410 g/mol. The number of amides is 2. The van der Waals surface area contributed by atoms with E-state index in [1.807, 2.05) is 6.07 Å². The van der Waals surface area contributed by atoms with Crippen molar-refractivity contribution in [1.82, 2.24) is 10.6 Å². The van der Waals surface area contributed by atoms with Crippen LogP contribution in [0.2, 0.25) is 0 Å². The molecular weight excluding hydrogens is 390 g/mol. The number of alkyl halides is 2. The van der Waals surface area contributed by atoms with E-state index in [0.717, 1.165) is 6.42 Å². The Labute approximate surface area is 164 Å². The summed E-state index contributed by atoms with van der Waals surface area (Å²) in [7, 11) is 0. The fourth-order valence-corrected chi connectivity index (χ4v) is 4.40. The van der Waals surface area contributed by atoms with Crippen molar-refractivity contribution in [3.63, 3.8) is 0 Å². The Hall–Kier alpha value is -2.55. The van der Waals surface area contributed by atoms with Crippen LogP contribution in [0.25, 0.3) is 0 Å². The van der Waals surface area contributed by atoms with E-state index in [0.29, 0.717) is 29.5 Å². The Morgan fingerprint density at radius 1 is 1.36 bits per heavy atom. The quantitative estimate of drug-likeness (QED) is 0.728. The summed E-state index contributed by atoms with van der Waals surface area (Å²) in [5.41, 5.74) is 0.506. The predicted molar refractivity (Wildman–Crippen MR) is 99.2 cm³/mol. The highest BCUT2D eigenvalue weighted by atomic mass is 32.1. The van der Waals surface area contributed by atoms with E-state index in [1.165, 1.54) is 17.0 Å². The minimum absolute atomic E-state index is 0.0191. The Morgan fingerprint density at radius 2 is 2.14 bits per heavy atom. The zero-order chi connectivity index (χ0) is 19.7. The first-order chi connectivity index (χ1) is 13.5. The minimum Gasteiger partial charge on any atom is -0.454 e. The van der Waals surface area contributed by atoms with Gasteiger partial charge in [-0.15, -0.1) is 11.3 Å². The monoisotopic (exact) mass is 410 g/mol. The molecule has 1 aliphatic heterocycles. The van der Waals surface area contributed by atoms with Crippen LogP contribution in [0.1, 0.15) is 23.8 Å². The molecule has 0 spiro atoms. The van der Waals surface area contributed by atoms with Crippen molar-refractivity contribution in [3.05, 3.63) is 40.1 Å². The van der Waals surface area contributed by atoms with Gasteiger partial charge in [-0.2, -0.15) is 8.78 Å². The number of carbonyl (C=O) groups is 1. The van der Waals surface area contributed by atoms with Crippen molar-refractivity contribution in [2.24, 2.45) is 5.92 Å². The Bertz CT molecular complexity index is 862. The molecule has 2 N–H and O–H groups in total. The second-order valence-corrected chi connectivity index (χ2v) is 8.00. The van der Waals surface area contributed by atoms with Gasteiger partial charge in [-0.1, -0.05) is 13.0 Å². The van der Waals surface area contributed by atoms with Crippen molar-refractivity contribution in [1.29, 1.82) is 0 Å². The Kier molecular flexibility index (Phi) is 5.01. The molecule has 1 aromatic heterocycles. The first kappa shape index (κ1) is 18.8. The maximum absolute atomic E-state index is 12.7. The Balaban J connectivity index is 1.31. The number of ether oxygens (including phenoxy) is 3. The van der Waals surface area contributed by atoms with Gasteiger partial charge in [0.05, 0.1) is 0 Å². The molecule has 0 bridgehead atoms. The van der Waals surface area contributed by atoms with Gasteiger partial charge in [-0.3, -0.25) is 0 Å². The molecule has 2 heterocycles. The van der Waals surface area contributed by atoms with Gasteiger partial charge in [0.25, 0.3) is 0 Å². The number of hydrogen-bond donors (Lipinski definition) is 2. The third kappa shape index (κ3) is 3.84. The lowest BCUT2D eigenvalue weighted by atomic mass is 10.0. The maximum Gasteiger partial charge on any atom is 0.387 e. The molecule has 9 heteroatoms. The van der Waals surface area contributed by atoms with Crippen molar-refractivity contribution in [2.45, 2.75) is 31.9 Å². The van der Waals surface area contributed by atoms with E-state index in [9.17, 15) is 13.6 Å². The average Bonchev–Trinajstić information content (AvgIpc) is 3.07.